The quantitative estimate of drug-likeness (QED) is 0.726. The van der Waals surface area contributed by atoms with Crippen LogP contribution in [0.3, 0.4) is 0 Å². The van der Waals surface area contributed by atoms with Gasteiger partial charge in [0.1, 0.15) is 23.3 Å². The molecule has 6 heteroatoms. The van der Waals surface area contributed by atoms with Gasteiger partial charge < -0.3 is 10.6 Å². The van der Waals surface area contributed by atoms with E-state index in [-0.39, 0.29) is 5.82 Å². The van der Waals surface area contributed by atoms with Crippen molar-refractivity contribution in [3.63, 3.8) is 0 Å². The highest BCUT2D eigenvalue weighted by Gasteiger charge is 2.04. The lowest BCUT2D eigenvalue weighted by molar-refractivity contribution is 0.613. The van der Waals surface area contributed by atoms with Gasteiger partial charge in [-0.1, -0.05) is 24.3 Å². The number of hydrogen-bond acceptors (Lipinski definition) is 5. The summed E-state index contributed by atoms with van der Waals surface area (Å²) in [5.74, 6) is 1.77. The molecule has 1 aromatic carbocycles. The third-order valence-electron chi connectivity index (χ3n) is 3.45. The molecule has 122 valence electrons. The van der Waals surface area contributed by atoms with Crippen LogP contribution in [0.25, 0.3) is 0 Å². The molecule has 0 radical (unpaired) electrons. The summed E-state index contributed by atoms with van der Waals surface area (Å²) in [5, 5.41) is 6.38. The van der Waals surface area contributed by atoms with E-state index in [1.54, 1.807) is 24.5 Å². The Kier molecular flexibility index (Phi) is 4.96. The van der Waals surface area contributed by atoms with Gasteiger partial charge >= 0.3 is 0 Å². The van der Waals surface area contributed by atoms with Crippen LogP contribution >= 0.6 is 0 Å². The maximum atomic E-state index is 13.7. The highest BCUT2D eigenvalue weighted by Crippen LogP contribution is 2.14. The number of benzene rings is 1. The number of rotatable bonds is 6. The number of hydrogen-bond donors (Lipinski definition) is 2. The molecule has 0 aliphatic rings. The van der Waals surface area contributed by atoms with Crippen molar-refractivity contribution < 1.29 is 4.39 Å². The van der Waals surface area contributed by atoms with E-state index in [1.165, 1.54) is 6.07 Å². The Morgan fingerprint density at radius 3 is 2.42 bits per heavy atom. The molecule has 0 atom stereocenters. The molecule has 0 saturated heterocycles. The fourth-order valence-corrected chi connectivity index (χ4v) is 2.27. The average molecular weight is 323 g/mol. The Labute approximate surface area is 140 Å². The zero-order valence-electron chi connectivity index (χ0n) is 13.3. The van der Waals surface area contributed by atoms with Crippen molar-refractivity contribution in [3.8, 4) is 0 Å². The van der Waals surface area contributed by atoms with Crippen molar-refractivity contribution in [2.75, 3.05) is 10.6 Å². The van der Waals surface area contributed by atoms with Crippen LogP contribution in [-0.4, -0.2) is 15.0 Å². The number of pyridine rings is 1. The second kappa shape index (κ2) is 7.50. The van der Waals surface area contributed by atoms with Gasteiger partial charge in [-0.05, 0) is 24.6 Å². The highest BCUT2D eigenvalue weighted by atomic mass is 19.1. The topological polar surface area (TPSA) is 62.7 Å². The van der Waals surface area contributed by atoms with Crippen molar-refractivity contribution in [2.45, 2.75) is 20.0 Å². The van der Waals surface area contributed by atoms with Crippen molar-refractivity contribution >= 4 is 11.6 Å². The molecule has 0 bridgehead atoms. The Morgan fingerprint density at radius 2 is 1.71 bits per heavy atom. The zero-order chi connectivity index (χ0) is 16.8. The Hall–Kier alpha value is -3.02. The van der Waals surface area contributed by atoms with Gasteiger partial charge in [0.05, 0.1) is 0 Å². The second-order valence-electron chi connectivity index (χ2n) is 5.35. The maximum Gasteiger partial charge on any atom is 0.132 e. The molecule has 0 aliphatic carbocycles. The van der Waals surface area contributed by atoms with E-state index in [0.29, 0.717) is 36.1 Å². The first kappa shape index (κ1) is 15.9. The molecule has 2 N–H and O–H groups in total. The van der Waals surface area contributed by atoms with Crippen molar-refractivity contribution in [1.29, 1.82) is 0 Å². The molecule has 0 fully saturated rings. The number of halogens is 1. The summed E-state index contributed by atoms with van der Waals surface area (Å²) in [5.41, 5.74) is 1.66. The molecule has 0 saturated carbocycles. The summed E-state index contributed by atoms with van der Waals surface area (Å²) in [6, 6.07) is 12.4. The van der Waals surface area contributed by atoms with Crippen molar-refractivity contribution in [2.24, 2.45) is 0 Å². The van der Waals surface area contributed by atoms with Crippen LogP contribution in [0.5, 0.6) is 0 Å². The lowest BCUT2D eigenvalue weighted by Crippen LogP contribution is -2.08. The molecule has 3 rings (SSSR count). The van der Waals surface area contributed by atoms with Gasteiger partial charge in [0.15, 0.2) is 0 Å². The zero-order valence-corrected chi connectivity index (χ0v) is 13.3. The normalized spacial score (nSPS) is 10.4. The number of aromatic nitrogens is 3. The minimum Gasteiger partial charge on any atom is -0.366 e. The Bertz CT molecular complexity index is 808. The predicted octanol–water partition coefficient (Wildman–Crippen LogP) is 3.54. The monoisotopic (exact) mass is 323 g/mol. The van der Waals surface area contributed by atoms with E-state index in [1.807, 2.05) is 31.2 Å². The van der Waals surface area contributed by atoms with E-state index in [0.717, 1.165) is 5.56 Å². The molecule has 0 amide bonds. The lowest BCUT2D eigenvalue weighted by atomic mass is 10.2. The van der Waals surface area contributed by atoms with Gasteiger partial charge in [0.25, 0.3) is 0 Å². The first-order chi connectivity index (χ1) is 11.7. The number of aryl methyl sites for hydroxylation is 1. The van der Waals surface area contributed by atoms with Crippen LogP contribution in [0.1, 0.15) is 17.0 Å². The molecule has 0 aliphatic heterocycles. The fourth-order valence-electron chi connectivity index (χ4n) is 2.27. The van der Waals surface area contributed by atoms with Crippen molar-refractivity contribution in [1.82, 2.24) is 15.0 Å². The van der Waals surface area contributed by atoms with Crippen LogP contribution in [0, 0.1) is 12.7 Å². The fraction of sp³-hybridized carbons (Fsp3) is 0.167. The number of nitrogens with one attached hydrogen (secondary N) is 2. The van der Waals surface area contributed by atoms with E-state index in [9.17, 15) is 4.39 Å². The SMILES string of the molecule is Cc1nc(NCc2cccnc2)cc(NCc2ccccc2F)n1. The molecule has 3 aromatic rings. The minimum atomic E-state index is -0.231. The molecule has 0 unspecified atom stereocenters. The van der Waals surface area contributed by atoms with Gasteiger partial charge in [0, 0.05) is 37.1 Å². The number of anilines is 2. The highest BCUT2D eigenvalue weighted by molar-refractivity contribution is 5.48. The van der Waals surface area contributed by atoms with Crippen LogP contribution in [-0.2, 0) is 13.1 Å². The van der Waals surface area contributed by atoms with Crippen LogP contribution in [0.2, 0.25) is 0 Å². The summed E-state index contributed by atoms with van der Waals surface area (Å²) in [7, 11) is 0. The van der Waals surface area contributed by atoms with Gasteiger partial charge in [-0.3, -0.25) is 4.98 Å². The van der Waals surface area contributed by atoms with Gasteiger partial charge in [-0.15, -0.1) is 0 Å². The number of nitrogens with zero attached hydrogens (tertiary/aromatic N) is 3. The lowest BCUT2D eigenvalue weighted by Gasteiger charge is -2.10. The molecular weight excluding hydrogens is 305 g/mol. The molecular formula is C18H18FN5. The first-order valence-electron chi connectivity index (χ1n) is 7.66. The first-order valence-corrected chi connectivity index (χ1v) is 7.66. The summed E-state index contributed by atoms with van der Waals surface area (Å²) in [6.07, 6.45) is 3.54. The Balaban J connectivity index is 1.66. The third kappa shape index (κ3) is 4.25. The van der Waals surface area contributed by atoms with Crippen LogP contribution in [0.15, 0.2) is 54.9 Å². The molecule has 0 spiro atoms. The van der Waals surface area contributed by atoms with Gasteiger partial charge in [0.2, 0.25) is 0 Å². The van der Waals surface area contributed by atoms with Gasteiger partial charge in [-0.2, -0.15) is 0 Å². The average Bonchev–Trinajstić information content (AvgIpc) is 2.60. The smallest absolute Gasteiger partial charge is 0.132 e. The standard InChI is InChI=1S/C18H18FN5/c1-13-23-17(21-11-14-5-4-8-20-10-14)9-18(24-13)22-12-15-6-2-3-7-16(15)19/h2-10H,11-12H2,1H3,(H2,21,22,23,24). The van der Waals surface area contributed by atoms with Crippen LogP contribution < -0.4 is 10.6 Å². The van der Waals surface area contributed by atoms with E-state index >= 15 is 0 Å². The van der Waals surface area contributed by atoms with E-state index < -0.39 is 0 Å². The van der Waals surface area contributed by atoms with E-state index in [4.69, 9.17) is 0 Å². The molecule has 2 aromatic heterocycles. The summed E-state index contributed by atoms with van der Waals surface area (Å²) in [6.45, 7) is 2.81. The minimum absolute atomic E-state index is 0.231. The summed E-state index contributed by atoms with van der Waals surface area (Å²) in [4.78, 5) is 12.8. The Morgan fingerprint density at radius 1 is 0.958 bits per heavy atom. The van der Waals surface area contributed by atoms with Crippen LogP contribution in [0.4, 0.5) is 16.0 Å². The predicted molar refractivity (Wildman–Crippen MR) is 92.1 cm³/mol. The summed E-state index contributed by atoms with van der Waals surface area (Å²) >= 11 is 0. The summed E-state index contributed by atoms with van der Waals surface area (Å²) < 4.78 is 13.7. The third-order valence-corrected chi connectivity index (χ3v) is 3.45. The molecule has 5 nitrogen and oxygen atoms in total. The second-order valence-corrected chi connectivity index (χ2v) is 5.35. The molecule has 24 heavy (non-hydrogen) atoms. The molecule has 2 heterocycles. The van der Waals surface area contributed by atoms with Gasteiger partial charge in [-0.25, -0.2) is 14.4 Å². The largest absolute Gasteiger partial charge is 0.366 e. The van der Waals surface area contributed by atoms with E-state index in [2.05, 4.69) is 25.6 Å². The van der Waals surface area contributed by atoms with Crippen molar-refractivity contribution in [3.05, 3.63) is 77.6 Å². The maximum absolute atomic E-state index is 13.7.